The molecule has 0 spiro atoms. The molecule has 3 heterocycles. The van der Waals surface area contributed by atoms with Crippen LogP contribution in [0.3, 0.4) is 0 Å². The van der Waals surface area contributed by atoms with E-state index >= 15 is 0 Å². The van der Waals surface area contributed by atoms with E-state index < -0.39 is 0 Å². The standard InChI is InChI=1S/C19H14ClN3O/c1-22-9-7-14(11-19(22)24)17-10-13-6-8-21-12-18(13)23(17)16-4-2-15(20)3-5-16/h2-12H,1H3. The molecular weight excluding hydrogens is 322 g/mol. The smallest absolute Gasteiger partial charge is 0.250 e. The SMILES string of the molecule is Cn1ccc(-c2cc3ccncc3n2-c2ccc(Cl)cc2)cc1=O. The molecule has 0 N–H and O–H groups in total. The fourth-order valence-corrected chi connectivity index (χ4v) is 2.96. The highest BCUT2D eigenvalue weighted by atomic mass is 35.5. The van der Waals surface area contributed by atoms with Crippen molar-refractivity contribution in [3.05, 3.63) is 82.5 Å². The summed E-state index contributed by atoms with van der Waals surface area (Å²) in [7, 11) is 1.74. The largest absolute Gasteiger partial charge is 0.319 e. The van der Waals surface area contributed by atoms with E-state index in [1.165, 1.54) is 0 Å². The van der Waals surface area contributed by atoms with E-state index in [1.807, 2.05) is 42.6 Å². The monoisotopic (exact) mass is 335 g/mol. The Labute approximate surface area is 143 Å². The molecule has 0 fully saturated rings. The number of aromatic nitrogens is 3. The Kier molecular flexibility index (Phi) is 3.47. The molecular formula is C19H14ClN3O. The fourth-order valence-electron chi connectivity index (χ4n) is 2.84. The van der Waals surface area contributed by atoms with Crippen molar-refractivity contribution in [2.75, 3.05) is 0 Å². The summed E-state index contributed by atoms with van der Waals surface area (Å²) in [6, 6.07) is 15.2. The van der Waals surface area contributed by atoms with Gasteiger partial charge in [0, 0.05) is 47.2 Å². The van der Waals surface area contributed by atoms with E-state index in [4.69, 9.17) is 11.6 Å². The number of fused-ring (bicyclic) bond motifs is 1. The molecule has 0 atom stereocenters. The third kappa shape index (κ3) is 2.41. The molecule has 3 aromatic heterocycles. The van der Waals surface area contributed by atoms with Crippen LogP contribution < -0.4 is 5.56 Å². The zero-order valence-corrected chi connectivity index (χ0v) is 13.7. The Hall–Kier alpha value is -2.85. The second kappa shape index (κ2) is 5.65. The van der Waals surface area contributed by atoms with Crippen LogP contribution in [-0.2, 0) is 7.05 Å². The quantitative estimate of drug-likeness (QED) is 0.554. The Morgan fingerprint density at radius 3 is 2.58 bits per heavy atom. The summed E-state index contributed by atoms with van der Waals surface area (Å²) < 4.78 is 3.65. The Morgan fingerprint density at radius 1 is 1.04 bits per heavy atom. The van der Waals surface area contributed by atoms with Gasteiger partial charge in [0.2, 0.25) is 0 Å². The van der Waals surface area contributed by atoms with E-state index in [2.05, 4.69) is 15.6 Å². The predicted molar refractivity (Wildman–Crippen MR) is 96.8 cm³/mol. The van der Waals surface area contributed by atoms with Crippen molar-refractivity contribution in [3.63, 3.8) is 0 Å². The minimum absolute atomic E-state index is 0.0430. The molecule has 0 aliphatic heterocycles. The summed E-state index contributed by atoms with van der Waals surface area (Å²) in [6.45, 7) is 0. The van der Waals surface area contributed by atoms with Gasteiger partial charge in [-0.15, -0.1) is 0 Å². The Bertz CT molecular complexity index is 1090. The molecule has 1 aromatic carbocycles. The van der Waals surface area contributed by atoms with Crippen LogP contribution >= 0.6 is 11.6 Å². The predicted octanol–water partition coefficient (Wildman–Crippen LogP) is 4.04. The van der Waals surface area contributed by atoms with Crippen molar-refractivity contribution >= 4 is 22.5 Å². The fraction of sp³-hybridized carbons (Fsp3) is 0.0526. The summed E-state index contributed by atoms with van der Waals surface area (Å²) in [5.41, 5.74) is 3.72. The number of pyridine rings is 2. The second-order valence-corrected chi connectivity index (χ2v) is 6.08. The van der Waals surface area contributed by atoms with Gasteiger partial charge in [-0.3, -0.25) is 9.78 Å². The minimum atomic E-state index is -0.0430. The molecule has 0 saturated carbocycles. The number of benzene rings is 1. The Balaban J connectivity index is 2.04. The van der Waals surface area contributed by atoms with E-state index in [-0.39, 0.29) is 5.56 Å². The van der Waals surface area contributed by atoms with Gasteiger partial charge in [-0.25, -0.2) is 0 Å². The molecule has 0 saturated heterocycles. The van der Waals surface area contributed by atoms with Crippen molar-refractivity contribution in [1.29, 1.82) is 0 Å². The van der Waals surface area contributed by atoms with Crippen molar-refractivity contribution in [3.8, 4) is 16.9 Å². The van der Waals surface area contributed by atoms with Crippen LogP contribution in [0.5, 0.6) is 0 Å². The molecule has 24 heavy (non-hydrogen) atoms. The zero-order chi connectivity index (χ0) is 16.7. The molecule has 0 aliphatic rings. The summed E-state index contributed by atoms with van der Waals surface area (Å²) in [5, 5.41) is 1.75. The summed E-state index contributed by atoms with van der Waals surface area (Å²) in [4.78, 5) is 16.3. The van der Waals surface area contributed by atoms with Gasteiger partial charge >= 0.3 is 0 Å². The van der Waals surface area contributed by atoms with Crippen LogP contribution in [0.2, 0.25) is 5.02 Å². The summed E-state index contributed by atoms with van der Waals surface area (Å²) in [5.74, 6) is 0. The molecule has 0 unspecified atom stereocenters. The molecule has 0 aliphatic carbocycles. The van der Waals surface area contributed by atoms with Gasteiger partial charge in [-0.1, -0.05) is 11.6 Å². The van der Waals surface area contributed by atoms with E-state index in [0.717, 1.165) is 27.8 Å². The molecule has 4 aromatic rings. The molecule has 0 radical (unpaired) electrons. The Morgan fingerprint density at radius 2 is 1.83 bits per heavy atom. The zero-order valence-electron chi connectivity index (χ0n) is 13.0. The lowest BCUT2D eigenvalue weighted by Gasteiger charge is -2.11. The van der Waals surface area contributed by atoms with Gasteiger partial charge in [0.15, 0.2) is 0 Å². The molecule has 4 rings (SSSR count). The van der Waals surface area contributed by atoms with Crippen LogP contribution in [0, 0.1) is 0 Å². The summed E-state index contributed by atoms with van der Waals surface area (Å²) >= 11 is 6.02. The van der Waals surface area contributed by atoms with Gasteiger partial charge in [0.1, 0.15) is 0 Å². The molecule has 0 bridgehead atoms. The van der Waals surface area contributed by atoms with Crippen molar-refractivity contribution in [2.24, 2.45) is 7.05 Å². The molecule has 4 nitrogen and oxygen atoms in total. The molecule has 0 amide bonds. The lowest BCUT2D eigenvalue weighted by atomic mass is 10.2. The first kappa shape index (κ1) is 14.7. The topological polar surface area (TPSA) is 39.8 Å². The maximum Gasteiger partial charge on any atom is 0.250 e. The normalized spacial score (nSPS) is 11.1. The number of halogens is 1. The average Bonchev–Trinajstić information content (AvgIpc) is 2.97. The van der Waals surface area contributed by atoms with Crippen LogP contribution in [0.15, 0.2) is 71.9 Å². The van der Waals surface area contributed by atoms with Crippen LogP contribution in [-0.4, -0.2) is 14.1 Å². The molecule has 5 heteroatoms. The minimum Gasteiger partial charge on any atom is -0.319 e. The summed E-state index contributed by atoms with van der Waals surface area (Å²) in [6.07, 6.45) is 5.37. The number of rotatable bonds is 2. The lowest BCUT2D eigenvalue weighted by molar-refractivity contribution is 0.860. The number of nitrogens with zero attached hydrogens (tertiary/aromatic N) is 3. The number of aryl methyl sites for hydroxylation is 1. The molecule has 118 valence electrons. The van der Waals surface area contributed by atoms with E-state index in [1.54, 1.807) is 30.1 Å². The lowest BCUT2D eigenvalue weighted by Crippen LogP contribution is -2.14. The highest BCUT2D eigenvalue weighted by Crippen LogP contribution is 2.30. The van der Waals surface area contributed by atoms with Crippen LogP contribution in [0.4, 0.5) is 0 Å². The maximum atomic E-state index is 12.0. The van der Waals surface area contributed by atoms with Gasteiger partial charge in [0.25, 0.3) is 5.56 Å². The number of hydrogen-bond donors (Lipinski definition) is 0. The van der Waals surface area contributed by atoms with Gasteiger partial charge in [-0.05, 0) is 42.5 Å². The maximum absolute atomic E-state index is 12.0. The van der Waals surface area contributed by atoms with Crippen LogP contribution in [0.1, 0.15) is 0 Å². The van der Waals surface area contributed by atoms with E-state index in [0.29, 0.717) is 5.02 Å². The van der Waals surface area contributed by atoms with Gasteiger partial charge in [0.05, 0.1) is 17.4 Å². The first-order chi connectivity index (χ1) is 11.6. The first-order valence-corrected chi connectivity index (χ1v) is 7.90. The first-order valence-electron chi connectivity index (χ1n) is 7.52. The van der Waals surface area contributed by atoms with Gasteiger partial charge in [-0.2, -0.15) is 0 Å². The van der Waals surface area contributed by atoms with E-state index in [9.17, 15) is 4.79 Å². The second-order valence-electron chi connectivity index (χ2n) is 5.64. The van der Waals surface area contributed by atoms with Crippen molar-refractivity contribution in [2.45, 2.75) is 0 Å². The van der Waals surface area contributed by atoms with Gasteiger partial charge < -0.3 is 9.13 Å². The third-order valence-corrected chi connectivity index (χ3v) is 4.34. The van der Waals surface area contributed by atoms with Crippen molar-refractivity contribution < 1.29 is 0 Å². The average molecular weight is 336 g/mol. The highest BCUT2D eigenvalue weighted by Gasteiger charge is 2.13. The van der Waals surface area contributed by atoms with Crippen molar-refractivity contribution in [1.82, 2.24) is 14.1 Å². The highest BCUT2D eigenvalue weighted by molar-refractivity contribution is 6.30. The van der Waals surface area contributed by atoms with Crippen LogP contribution in [0.25, 0.3) is 27.8 Å². The third-order valence-electron chi connectivity index (χ3n) is 4.09. The number of hydrogen-bond acceptors (Lipinski definition) is 2.